The summed E-state index contributed by atoms with van der Waals surface area (Å²) in [5.74, 6) is -3.58. The summed E-state index contributed by atoms with van der Waals surface area (Å²) in [6, 6.07) is 41.7. The van der Waals surface area contributed by atoms with E-state index in [0.29, 0.717) is 88.0 Å². The fourth-order valence-electron chi connectivity index (χ4n) is 11.9. The van der Waals surface area contributed by atoms with E-state index < -0.39 is 148 Å². The molecule has 16 nitrogen and oxygen atoms in total. The standard InChI is InChI=1S/C15H9F9O2.C14H6F9NO3.C12H6F6O2.C10H7BrO2.C10H8O2.C10H8O.C6H6O3/c1-26-10-6-5-8(7-3-2-4-9(25)11(7)10)12(13(16,17)18,14(19,20)21)15(22,23)24;15-12(16,17)11(13(18,19)20,14(21,22)23)7-3-1-2-6-9(25)5-4-8(10(6)7)24(26)27;13-11(14,15)5-1-3-7(19)10-6(12(16,17)18)2-4-8(20)9(5)10;11-7-4-5-8(12)6-2-1-3-9(13)10(6)7;11-9-5-1-3-7-8(9)4-2-6-10(7)12;11-10-7-3-5-8-4-1-2-6-9(8)10;7-4-1-5(8)3-6(9)2-4/h2-6,25H,1H3;1-5,25H;1-4,19-20H;1-5,12-13H;1-6,11-12H;1-7,11H;1-3,7-9H. The lowest BCUT2D eigenvalue weighted by Crippen LogP contribution is -2.63. The minimum Gasteiger partial charge on any atom is -0.508 e. The number of rotatable bonds is 4. The Morgan fingerprint density at radius 2 is 0.585 bits per heavy atom. The van der Waals surface area contributed by atoms with E-state index in [-0.39, 0.29) is 58.1 Å². The van der Waals surface area contributed by atoms with Crippen molar-refractivity contribution in [2.24, 2.45) is 0 Å². The molecule has 0 bridgehead atoms. The highest BCUT2D eigenvalue weighted by atomic mass is 79.9. The number of non-ortho nitro benzene ring substituents is 1. The molecule has 0 heterocycles. The average molecular weight is 1770 g/mol. The van der Waals surface area contributed by atoms with Gasteiger partial charge < -0.3 is 66.0 Å². The second kappa shape index (κ2) is 34.4. The Balaban J connectivity index is 0.000000196. The van der Waals surface area contributed by atoms with Gasteiger partial charge in [-0.05, 0) is 95.2 Å². The van der Waals surface area contributed by atoms with Gasteiger partial charge in [0.05, 0.1) is 33.9 Å². The summed E-state index contributed by atoms with van der Waals surface area (Å²) in [5.41, 5.74) is -21.5. The maximum Gasteiger partial charge on any atom is 0.417 e. The predicted molar refractivity (Wildman–Crippen MR) is 381 cm³/mol. The van der Waals surface area contributed by atoms with Crippen molar-refractivity contribution in [1.29, 1.82) is 0 Å². The van der Waals surface area contributed by atoms with Gasteiger partial charge in [-0.3, -0.25) is 10.1 Å². The fourth-order valence-corrected chi connectivity index (χ4v) is 12.4. The lowest BCUT2D eigenvalue weighted by molar-refractivity contribution is -0.389. The molecule has 0 amide bonds. The van der Waals surface area contributed by atoms with E-state index in [0.717, 1.165) is 52.7 Å². The summed E-state index contributed by atoms with van der Waals surface area (Å²) < 4.78 is 322. The molecule has 0 fully saturated rings. The van der Waals surface area contributed by atoms with Gasteiger partial charge in [-0.2, -0.15) is 105 Å². The van der Waals surface area contributed by atoms with E-state index >= 15 is 0 Å². The van der Waals surface area contributed by atoms with Gasteiger partial charge in [0.2, 0.25) is 0 Å². The van der Waals surface area contributed by atoms with Crippen molar-refractivity contribution in [2.75, 3.05) is 7.11 Å². The molecule has 0 saturated carbocycles. The zero-order valence-electron chi connectivity index (χ0n) is 58.2. The molecule has 13 aromatic carbocycles. The number of nitrogens with zero attached hydrogens (tertiary/aromatic N) is 1. The second-order valence-corrected chi connectivity index (χ2v) is 25.1. The van der Waals surface area contributed by atoms with Gasteiger partial charge in [-0.15, -0.1) is 0 Å². The normalized spacial score (nSPS) is 12.3. The van der Waals surface area contributed by atoms with E-state index in [1.165, 1.54) is 0 Å². The Morgan fingerprint density at radius 1 is 0.288 bits per heavy atom. The highest BCUT2D eigenvalue weighted by Gasteiger charge is 2.86. The Bertz CT molecular complexity index is 5590. The number of fused-ring (bicyclic) bond motifs is 6. The summed E-state index contributed by atoms with van der Waals surface area (Å²) in [4.78, 5) is 9.59. The number of methoxy groups -OCH3 is 1. The molecule has 0 atom stereocenters. The molecule has 0 radical (unpaired) electrons. The van der Waals surface area contributed by atoms with Crippen LogP contribution in [0.4, 0.5) is 111 Å². The number of hydrogen-bond acceptors (Lipinski definition) is 15. The molecular weight excluding hydrogens is 1710 g/mol. The number of halogens is 25. The summed E-state index contributed by atoms with van der Waals surface area (Å²) in [5, 5.41) is 121. The highest BCUT2D eigenvalue weighted by Crippen LogP contribution is 2.64. The number of aromatic hydroxyl groups is 12. The van der Waals surface area contributed by atoms with Crippen LogP contribution >= 0.6 is 15.9 Å². The summed E-state index contributed by atoms with van der Waals surface area (Å²) in [6.45, 7) is 0. The lowest BCUT2D eigenvalue weighted by atomic mass is 9.75. The molecule has 0 spiro atoms. The van der Waals surface area contributed by atoms with Gasteiger partial charge in [0.15, 0.2) is 0 Å². The van der Waals surface area contributed by atoms with E-state index in [2.05, 4.69) is 15.9 Å². The number of benzene rings is 13. The van der Waals surface area contributed by atoms with Crippen molar-refractivity contribution in [3.63, 3.8) is 0 Å². The van der Waals surface area contributed by atoms with Gasteiger partial charge >= 0.3 is 49.4 Å². The maximum absolute atomic E-state index is 13.3. The van der Waals surface area contributed by atoms with Gasteiger partial charge in [0.25, 0.3) is 16.5 Å². The van der Waals surface area contributed by atoms with Crippen LogP contribution in [0.15, 0.2) is 217 Å². The molecular formula is C77H50BrF24NO15. The molecule has 0 aliphatic carbocycles. The molecule has 0 unspecified atom stereocenters. The molecule has 0 aromatic heterocycles. The minimum absolute atomic E-state index is 0.0507. The average Bonchev–Trinajstić information content (AvgIpc) is 0.700. The first-order valence-corrected chi connectivity index (χ1v) is 32.7. The van der Waals surface area contributed by atoms with Crippen LogP contribution in [0.2, 0.25) is 0 Å². The third-order valence-electron chi connectivity index (χ3n) is 17.0. The molecule has 41 heteroatoms. The molecule has 628 valence electrons. The van der Waals surface area contributed by atoms with Crippen molar-refractivity contribution in [3.8, 4) is 74.7 Å². The fraction of sp³-hybridized carbons (Fsp3) is 0.143. The number of phenolic OH excluding ortho intramolecular Hbond substituents is 12. The maximum atomic E-state index is 13.3. The van der Waals surface area contributed by atoms with Gasteiger partial charge in [0, 0.05) is 77.4 Å². The summed E-state index contributed by atoms with van der Waals surface area (Å²) in [7, 11) is 0.991. The number of nitro groups is 1. The molecule has 13 rings (SSSR count). The SMILES string of the molecule is COc1ccc(C(C(F)(F)F)(C(F)(F)F)C(F)(F)F)c2cccc(O)c12.O=[N+]([O-])c1ccc(O)c2cccc(C(C(F)(F)F)(C(F)(F)F)C(F)(F)F)c12.Oc1cc(O)cc(O)c1.Oc1ccc(Br)c2c(O)cccc12.Oc1ccc(C(F)(F)F)c2c(O)ccc(C(F)(F)F)c12.Oc1cccc2c(O)cccc12.Oc1cccc2ccccc12. The minimum atomic E-state index is -6.95. The Hall–Kier alpha value is -13.0. The van der Waals surface area contributed by atoms with Crippen LogP contribution in [0, 0.1) is 10.1 Å². The van der Waals surface area contributed by atoms with E-state index in [1.807, 2.05) is 36.4 Å². The zero-order chi connectivity index (χ0) is 88.9. The zero-order valence-corrected chi connectivity index (χ0v) is 59.8. The van der Waals surface area contributed by atoms with Gasteiger partial charge in [-0.25, -0.2) is 0 Å². The molecule has 0 aliphatic heterocycles. The molecule has 118 heavy (non-hydrogen) atoms. The van der Waals surface area contributed by atoms with Crippen molar-refractivity contribution in [2.45, 2.75) is 60.2 Å². The monoisotopic (exact) mass is 1760 g/mol. The van der Waals surface area contributed by atoms with Crippen LogP contribution in [-0.2, 0) is 23.2 Å². The van der Waals surface area contributed by atoms with E-state index in [4.69, 9.17) is 20.1 Å². The first kappa shape index (κ1) is 92.2. The van der Waals surface area contributed by atoms with Crippen LogP contribution in [0.5, 0.6) is 74.7 Å². The molecule has 13 aromatic rings. The summed E-state index contributed by atoms with van der Waals surface area (Å²) >= 11 is 3.31. The van der Waals surface area contributed by atoms with Crippen molar-refractivity contribution >= 4 is 86.3 Å². The Kier molecular flexibility index (Phi) is 26.9. The number of alkyl halides is 24. The van der Waals surface area contributed by atoms with Crippen LogP contribution in [0.3, 0.4) is 0 Å². The van der Waals surface area contributed by atoms with Crippen molar-refractivity contribution in [1.82, 2.24) is 0 Å². The van der Waals surface area contributed by atoms with Crippen LogP contribution < -0.4 is 4.74 Å². The molecule has 0 saturated heterocycles. The lowest BCUT2D eigenvalue weighted by Gasteiger charge is -2.39. The number of nitro benzene ring substituents is 1. The van der Waals surface area contributed by atoms with Crippen LogP contribution in [0.1, 0.15) is 22.3 Å². The summed E-state index contributed by atoms with van der Waals surface area (Å²) in [6.07, 6.45) is -51.0. The largest absolute Gasteiger partial charge is 0.508 e. The highest BCUT2D eigenvalue weighted by molar-refractivity contribution is 9.10. The first-order valence-electron chi connectivity index (χ1n) is 31.9. The quantitative estimate of drug-likeness (QED) is 0.0443. The van der Waals surface area contributed by atoms with Crippen molar-refractivity contribution < 1.29 is 176 Å². The Labute approximate surface area is 651 Å². The van der Waals surface area contributed by atoms with E-state index in [9.17, 15) is 161 Å². The first-order chi connectivity index (χ1) is 54.3. The smallest absolute Gasteiger partial charge is 0.417 e. The number of hydrogen-bond donors (Lipinski definition) is 12. The Morgan fingerprint density at radius 3 is 0.975 bits per heavy atom. The number of ether oxygens (including phenoxy) is 1. The predicted octanol–water partition coefficient (Wildman–Crippen LogP) is 23.8. The third kappa shape index (κ3) is 18.8. The van der Waals surface area contributed by atoms with Gasteiger partial charge in [-0.1, -0.05) is 125 Å². The third-order valence-corrected chi connectivity index (χ3v) is 17.6. The number of phenols is 12. The van der Waals surface area contributed by atoms with Crippen LogP contribution in [-0.4, -0.2) is 110 Å². The second-order valence-electron chi connectivity index (χ2n) is 24.2. The topological polar surface area (TPSA) is 295 Å². The van der Waals surface area contributed by atoms with Crippen LogP contribution in [0.25, 0.3) is 64.6 Å². The molecule has 12 N–H and O–H groups in total. The molecule has 0 aliphatic rings. The van der Waals surface area contributed by atoms with Gasteiger partial charge in [0.1, 0.15) is 74.7 Å². The van der Waals surface area contributed by atoms with E-state index in [1.54, 1.807) is 72.8 Å². The van der Waals surface area contributed by atoms with Crippen molar-refractivity contribution in [3.05, 3.63) is 249 Å².